The van der Waals surface area contributed by atoms with Crippen molar-refractivity contribution in [2.75, 3.05) is 26.8 Å². The summed E-state index contributed by atoms with van der Waals surface area (Å²) in [5.74, 6) is -0.159. The Morgan fingerprint density at radius 2 is 1.96 bits per heavy atom. The van der Waals surface area contributed by atoms with E-state index < -0.39 is 0 Å². The van der Waals surface area contributed by atoms with Crippen LogP contribution >= 0.6 is 11.6 Å². The van der Waals surface area contributed by atoms with Crippen molar-refractivity contribution in [1.29, 1.82) is 0 Å². The molecule has 2 heterocycles. The Kier molecular flexibility index (Phi) is 6.53. The third-order valence-corrected chi connectivity index (χ3v) is 4.99. The molecule has 0 spiro atoms. The maximum atomic E-state index is 12.9. The molecule has 0 fully saturated rings. The van der Waals surface area contributed by atoms with Crippen molar-refractivity contribution in [3.05, 3.63) is 58.9 Å². The van der Waals surface area contributed by atoms with E-state index in [1.54, 1.807) is 7.11 Å². The largest absolute Gasteiger partial charge is 0.383 e. The number of hydrogen-bond acceptors (Lipinski definition) is 3. The van der Waals surface area contributed by atoms with Gasteiger partial charge in [-0.1, -0.05) is 23.7 Å². The Labute approximate surface area is 164 Å². The van der Waals surface area contributed by atoms with Crippen LogP contribution in [0.15, 0.2) is 42.6 Å². The maximum absolute atomic E-state index is 12.9. The molecule has 1 aromatic heterocycles. The van der Waals surface area contributed by atoms with Gasteiger partial charge in [0.2, 0.25) is 11.8 Å². The Morgan fingerprint density at radius 3 is 2.70 bits per heavy atom. The van der Waals surface area contributed by atoms with Crippen molar-refractivity contribution >= 4 is 23.4 Å². The number of carbonyl (C=O) groups excluding carboxylic acids is 2. The van der Waals surface area contributed by atoms with E-state index in [9.17, 15) is 9.59 Å². The molecule has 3 rings (SSSR count). The van der Waals surface area contributed by atoms with Crippen LogP contribution in [0.3, 0.4) is 0 Å². The summed E-state index contributed by atoms with van der Waals surface area (Å²) in [4.78, 5) is 26.7. The fourth-order valence-corrected chi connectivity index (χ4v) is 3.52. The Bertz CT molecular complexity index is 788. The van der Waals surface area contributed by atoms with Crippen LogP contribution < -0.4 is 5.32 Å². The number of halogens is 1. The molecule has 1 N–H and O–H groups in total. The van der Waals surface area contributed by atoms with Gasteiger partial charge in [0, 0.05) is 56.5 Å². The predicted octanol–water partition coefficient (Wildman–Crippen LogP) is 2.62. The number of nitrogens with one attached hydrogen (secondary N) is 1. The van der Waals surface area contributed by atoms with Gasteiger partial charge in [0.15, 0.2) is 0 Å². The third-order valence-electron chi connectivity index (χ3n) is 4.74. The van der Waals surface area contributed by atoms with Crippen LogP contribution in [0.5, 0.6) is 0 Å². The molecule has 1 aliphatic rings. The number of methoxy groups -OCH3 is 1. The van der Waals surface area contributed by atoms with Crippen LogP contribution in [-0.4, -0.2) is 48.1 Å². The van der Waals surface area contributed by atoms with Gasteiger partial charge in [-0.15, -0.1) is 0 Å². The standard InChI is InChI=1S/C20H24ClN3O3/c1-27-14-10-22-18(25)8-9-19(26)24-13-12-23-11-2-3-17(23)20(24)15-4-6-16(21)7-5-15/h2-7,11,20H,8-10,12-14H2,1H3,(H,22,25)/t20-/m0/s1. The number of fused-ring (bicyclic) bond motifs is 1. The third kappa shape index (κ3) is 4.70. The summed E-state index contributed by atoms with van der Waals surface area (Å²) >= 11 is 6.03. The molecule has 0 saturated carbocycles. The van der Waals surface area contributed by atoms with E-state index in [4.69, 9.17) is 16.3 Å². The number of aromatic nitrogens is 1. The maximum Gasteiger partial charge on any atom is 0.223 e. The minimum atomic E-state index is -0.171. The van der Waals surface area contributed by atoms with Gasteiger partial charge in [0.1, 0.15) is 0 Å². The zero-order valence-electron chi connectivity index (χ0n) is 15.4. The highest BCUT2D eigenvalue weighted by molar-refractivity contribution is 6.30. The molecule has 144 valence electrons. The van der Waals surface area contributed by atoms with Crippen molar-refractivity contribution in [3.63, 3.8) is 0 Å². The second-order valence-electron chi connectivity index (χ2n) is 6.51. The Balaban J connectivity index is 1.72. The van der Waals surface area contributed by atoms with E-state index in [-0.39, 0.29) is 30.7 Å². The molecule has 27 heavy (non-hydrogen) atoms. The number of carbonyl (C=O) groups is 2. The average Bonchev–Trinajstić information content (AvgIpc) is 3.15. The molecule has 1 aliphatic heterocycles. The summed E-state index contributed by atoms with van der Waals surface area (Å²) in [5, 5.41) is 3.41. The van der Waals surface area contributed by atoms with Gasteiger partial charge in [0.05, 0.1) is 12.6 Å². The summed E-state index contributed by atoms with van der Waals surface area (Å²) in [6.45, 7) is 2.27. The fourth-order valence-electron chi connectivity index (χ4n) is 3.39. The minimum Gasteiger partial charge on any atom is -0.383 e. The number of ether oxygens (including phenoxy) is 1. The highest BCUT2D eigenvalue weighted by Gasteiger charge is 2.31. The first-order valence-electron chi connectivity index (χ1n) is 9.05. The van der Waals surface area contributed by atoms with Crippen molar-refractivity contribution in [1.82, 2.24) is 14.8 Å². The lowest BCUT2D eigenvalue weighted by molar-refractivity contribution is -0.136. The molecule has 7 heteroatoms. The Hall–Kier alpha value is -2.31. The number of rotatable bonds is 7. The molecule has 1 atom stereocenters. The number of nitrogens with zero attached hydrogens (tertiary/aromatic N) is 2. The molecule has 0 radical (unpaired) electrons. The average molecular weight is 390 g/mol. The van der Waals surface area contributed by atoms with Gasteiger partial charge in [-0.05, 0) is 29.8 Å². The second kappa shape index (κ2) is 9.06. The van der Waals surface area contributed by atoms with Crippen LogP contribution in [0.2, 0.25) is 5.02 Å². The Morgan fingerprint density at radius 1 is 1.19 bits per heavy atom. The second-order valence-corrected chi connectivity index (χ2v) is 6.95. The molecule has 0 bridgehead atoms. The van der Waals surface area contributed by atoms with Gasteiger partial charge in [0.25, 0.3) is 0 Å². The van der Waals surface area contributed by atoms with Gasteiger partial charge in [-0.2, -0.15) is 0 Å². The van der Waals surface area contributed by atoms with Crippen LogP contribution in [0.1, 0.15) is 30.1 Å². The molecule has 0 aliphatic carbocycles. The highest BCUT2D eigenvalue weighted by atomic mass is 35.5. The first-order chi connectivity index (χ1) is 13.1. The van der Waals surface area contributed by atoms with E-state index in [2.05, 4.69) is 9.88 Å². The zero-order valence-corrected chi connectivity index (χ0v) is 16.1. The van der Waals surface area contributed by atoms with Crippen LogP contribution in [-0.2, 0) is 20.9 Å². The van der Waals surface area contributed by atoms with E-state index >= 15 is 0 Å². The summed E-state index contributed by atoms with van der Waals surface area (Å²) in [6, 6.07) is 11.4. The van der Waals surface area contributed by atoms with Crippen molar-refractivity contribution in [3.8, 4) is 0 Å². The summed E-state index contributed by atoms with van der Waals surface area (Å²) in [7, 11) is 1.58. The van der Waals surface area contributed by atoms with E-state index in [0.29, 0.717) is 24.7 Å². The minimum absolute atomic E-state index is 0.0238. The quantitative estimate of drug-likeness (QED) is 0.740. The normalized spacial score (nSPS) is 16.1. The molecule has 2 amide bonds. The number of amides is 2. The molecule has 6 nitrogen and oxygen atoms in total. The zero-order chi connectivity index (χ0) is 19.2. The van der Waals surface area contributed by atoms with Crippen molar-refractivity contribution < 1.29 is 14.3 Å². The summed E-state index contributed by atoms with van der Waals surface area (Å²) in [6.07, 6.45) is 2.39. The first-order valence-corrected chi connectivity index (χ1v) is 9.43. The topological polar surface area (TPSA) is 63.6 Å². The lowest BCUT2D eigenvalue weighted by atomic mass is 9.99. The monoisotopic (exact) mass is 389 g/mol. The van der Waals surface area contributed by atoms with Crippen LogP contribution in [0.25, 0.3) is 0 Å². The molecule has 0 unspecified atom stereocenters. The SMILES string of the molecule is COCCNC(=O)CCC(=O)N1CCn2cccc2[C@@H]1c1ccc(Cl)cc1. The van der Waals surface area contributed by atoms with Gasteiger partial charge < -0.3 is 19.5 Å². The lowest BCUT2D eigenvalue weighted by Crippen LogP contribution is -2.42. The van der Waals surface area contributed by atoms with Crippen LogP contribution in [0.4, 0.5) is 0 Å². The molecule has 0 saturated heterocycles. The summed E-state index contributed by atoms with van der Waals surface area (Å²) < 4.78 is 7.08. The lowest BCUT2D eigenvalue weighted by Gasteiger charge is -2.37. The van der Waals surface area contributed by atoms with Crippen molar-refractivity contribution in [2.24, 2.45) is 0 Å². The molecule has 2 aromatic rings. The van der Waals surface area contributed by atoms with Gasteiger partial charge in [-0.25, -0.2) is 0 Å². The first kappa shape index (κ1) is 19.5. The van der Waals surface area contributed by atoms with E-state index in [1.807, 2.05) is 47.5 Å². The van der Waals surface area contributed by atoms with Crippen LogP contribution in [0, 0.1) is 0 Å². The molecule has 1 aromatic carbocycles. The summed E-state index contributed by atoms with van der Waals surface area (Å²) in [5.41, 5.74) is 2.08. The smallest absolute Gasteiger partial charge is 0.223 e. The van der Waals surface area contributed by atoms with E-state index in [1.165, 1.54) is 0 Å². The van der Waals surface area contributed by atoms with Gasteiger partial charge >= 0.3 is 0 Å². The molecular formula is C20H24ClN3O3. The molecular weight excluding hydrogens is 366 g/mol. The van der Waals surface area contributed by atoms with Crippen molar-refractivity contribution in [2.45, 2.75) is 25.4 Å². The number of benzene rings is 1. The van der Waals surface area contributed by atoms with E-state index in [0.717, 1.165) is 17.8 Å². The fraction of sp³-hybridized carbons (Fsp3) is 0.400. The number of hydrogen-bond donors (Lipinski definition) is 1. The highest BCUT2D eigenvalue weighted by Crippen LogP contribution is 2.33. The predicted molar refractivity (Wildman–Crippen MR) is 104 cm³/mol. The van der Waals surface area contributed by atoms with Gasteiger partial charge in [-0.3, -0.25) is 9.59 Å².